The average molecular weight is 435 g/mol. The Labute approximate surface area is 186 Å². The Morgan fingerprint density at radius 3 is 2.35 bits per heavy atom. The summed E-state index contributed by atoms with van der Waals surface area (Å²) in [7, 11) is 0. The molecule has 1 aromatic heterocycles. The Kier molecular flexibility index (Phi) is 6.84. The Morgan fingerprint density at radius 1 is 1.00 bits per heavy atom. The lowest BCUT2D eigenvalue weighted by Gasteiger charge is -2.35. The lowest BCUT2D eigenvalue weighted by molar-refractivity contribution is 0.0697. The molecule has 0 amide bonds. The van der Waals surface area contributed by atoms with Gasteiger partial charge in [-0.05, 0) is 24.2 Å². The molecule has 160 valence electrons. The first kappa shape index (κ1) is 21.3. The maximum Gasteiger partial charge on any atom is 0.335 e. The molecule has 1 N–H and O–H groups in total. The van der Waals surface area contributed by atoms with Crippen LogP contribution in [0.15, 0.2) is 65.8 Å². The number of nitrogens with zero attached hydrogens (tertiary/aromatic N) is 4. The van der Waals surface area contributed by atoms with Gasteiger partial charge in [-0.15, -0.1) is 0 Å². The van der Waals surface area contributed by atoms with Crippen molar-refractivity contribution >= 4 is 23.5 Å². The fourth-order valence-electron chi connectivity index (χ4n) is 3.58. The molecule has 0 bridgehead atoms. The molecular formula is C24H26N4O2S. The van der Waals surface area contributed by atoms with Crippen molar-refractivity contribution in [2.45, 2.75) is 17.8 Å². The summed E-state index contributed by atoms with van der Waals surface area (Å²) in [5, 5.41) is 9.81. The maximum absolute atomic E-state index is 11.1. The number of hydrogen-bond acceptors (Lipinski definition) is 6. The van der Waals surface area contributed by atoms with Crippen LogP contribution in [0.1, 0.15) is 22.8 Å². The van der Waals surface area contributed by atoms with E-state index in [-0.39, 0.29) is 0 Å². The number of likely N-dealkylation sites (N-methyl/N-ethyl adjacent to an activating group) is 1. The summed E-state index contributed by atoms with van der Waals surface area (Å²) in [5.74, 6) is 0.737. The predicted molar refractivity (Wildman–Crippen MR) is 125 cm³/mol. The van der Waals surface area contributed by atoms with Crippen LogP contribution in [0, 0.1) is 0 Å². The molecule has 6 nitrogen and oxygen atoms in total. The number of piperazine rings is 1. The van der Waals surface area contributed by atoms with Crippen LogP contribution >= 0.6 is 11.8 Å². The Bertz CT molecular complexity index is 1020. The van der Waals surface area contributed by atoms with Gasteiger partial charge in [0.1, 0.15) is 5.82 Å². The van der Waals surface area contributed by atoms with Crippen LogP contribution in [0.25, 0.3) is 11.3 Å². The van der Waals surface area contributed by atoms with Crippen LogP contribution in [0.3, 0.4) is 0 Å². The van der Waals surface area contributed by atoms with Crippen molar-refractivity contribution in [1.29, 1.82) is 0 Å². The minimum atomic E-state index is -0.911. The van der Waals surface area contributed by atoms with Crippen molar-refractivity contribution < 1.29 is 9.90 Å². The number of benzene rings is 2. The second-order valence-corrected chi connectivity index (χ2v) is 8.41. The first-order valence-corrected chi connectivity index (χ1v) is 11.5. The third kappa shape index (κ3) is 5.42. The van der Waals surface area contributed by atoms with E-state index in [9.17, 15) is 4.79 Å². The highest BCUT2D eigenvalue weighted by atomic mass is 32.2. The summed E-state index contributed by atoms with van der Waals surface area (Å²) in [6.45, 7) is 7.28. The van der Waals surface area contributed by atoms with Gasteiger partial charge in [0.15, 0.2) is 5.16 Å². The number of carboxylic acid groups (broad SMARTS) is 1. The third-order valence-corrected chi connectivity index (χ3v) is 6.39. The van der Waals surface area contributed by atoms with Crippen LogP contribution in [0.2, 0.25) is 0 Å². The van der Waals surface area contributed by atoms with Gasteiger partial charge in [0, 0.05) is 43.6 Å². The maximum atomic E-state index is 11.1. The minimum Gasteiger partial charge on any atom is -0.478 e. The molecule has 0 saturated carbocycles. The zero-order chi connectivity index (χ0) is 21.6. The second-order valence-electron chi connectivity index (χ2n) is 7.47. The van der Waals surface area contributed by atoms with Crippen molar-refractivity contribution in [3.05, 3.63) is 71.8 Å². The summed E-state index contributed by atoms with van der Waals surface area (Å²) in [5.41, 5.74) is 3.34. The Morgan fingerprint density at radius 2 is 1.71 bits per heavy atom. The molecule has 2 heterocycles. The average Bonchev–Trinajstić information content (AvgIpc) is 2.83. The number of aromatic nitrogens is 2. The Hall–Kier alpha value is -2.90. The summed E-state index contributed by atoms with van der Waals surface area (Å²) in [6, 6.07) is 19.2. The molecule has 1 saturated heterocycles. The molecule has 0 spiro atoms. The number of rotatable bonds is 7. The van der Waals surface area contributed by atoms with Gasteiger partial charge >= 0.3 is 5.97 Å². The molecule has 0 radical (unpaired) electrons. The zero-order valence-electron chi connectivity index (χ0n) is 17.6. The largest absolute Gasteiger partial charge is 0.478 e. The molecular weight excluding hydrogens is 408 g/mol. The summed E-state index contributed by atoms with van der Waals surface area (Å²) in [6.07, 6.45) is 0. The molecule has 0 unspecified atom stereocenters. The van der Waals surface area contributed by atoms with Crippen molar-refractivity contribution in [3.8, 4) is 11.3 Å². The molecule has 3 aromatic rings. The van der Waals surface area contributed by atoms with Gasteiger partial charge in [-0.25, -0.2) is 14.8 Å². The first-order chi connectivity index (χ1) is 15.1. The van der Waals surface area contributed by atoms with E-state index < -0.39 is 5.97 Å². The Balaban J connectivity index is 1.56. The lowest BCUT2D eigenvalue weighted by Crippen LogP contribution is -2.46. The van der Waals surface area contributed by atoms with Crippen molar-refractivity contribution in [3.63, 3.8) is 0 Å². The topological polar surface area (TPSA) is 69.6 Å². The van der Waals surface area contributed by atoms with Gasteiger partial charge in [-0.2, -0.15) is 0 Å². The highest BCUT2D eigenvalue weighted by molar-refractivity contribution is 7.98. The van der Waals surface area contributed by atoms with Crippen LogP contribution in [0.4, 0.5) is 5.82 Å². The molecule has 1 aliphatic rings. The van der Waals surface area contributed by atoms with Crippen LogP contribution in [-0.2, 0) is 5.75 Å². The number of carboxylic acids is 1. The van der Waals surface area contributed by atoms with E-state index in [4.69, 9.17) is 15.1 Å². The highest BCUT2D eigenvalue weighted by Crippen LogP contribution is 2.28. The molecule has 0 aliphatic carbocycles. The zero-order valence-corrected chi connectivity index (χ0v) is 18.4. The van der Waals surface area contributed by atoms with Gasteiger partial charge in [0.05, 0.1) is 11.3 Å². The highest BCUT2D eigenvalue weighted by Gasteiger charge is 2.19. The van der Waals surface area contributed by atoms with Crippen LogP contribution < -0.4 is 4.90 Å². The smallest absolute Gasteiger partial charge is 0.335 e. The molecule has 2 aromatic carbocycles. The number of carbonyl (C=O) groups is 1. The van der Waals surface area contributed by atoms with E-state index in [2.05, 4.69) is 34.9 Å². The van der Waals surface area contributed by atoms with Gasteiger partial charge in [-0.3, -0.25) is 0 Å². The normalized spacial score (nSPS) is 14.5. The molecule has 4 rings (SSSR count). The van der Waals surface area contributed by atoms with E-state index in [1.807, 2.05) is 30.3 Å². The fraction of sp³-hybridized carbons (Fsp3) is 0.292. The van der Waals surface area contributed by atoms with E-state index in [0.29, 0.717) is 11.3 Å². The van der Waals surface area contributed by atoms with Gasteiger partial charge in [0.2, 0.25) is 0 Å². The summed E-state index contributed by atoms with van der Waals surface area (Å²) < 4.78 is 0. The van der Waals surface area contributed by atoms with E-state index in [1.165, 1.54) is 0 Å². The van der Waals surface area contributed by atoms with Crippen LogP contribution in [0.5, 0.6) is 0 Å². The quantitative estimate of drug-likeness (QED) is 0.440. The van der Waals surface area contributed by atoms with E-state index in [0.717, 1.165) is 60.5 Å². The first-order valence-electron chi connectivity index (χ1n) is 10.5. The predicted octanol–water partition coefficient (Wildman–Crippen LogP) is 4.28. The van der Waals surface area contributed by atoms with Crippen LogP contribution in [-0.4, -0.2) is 58.7 Å². The van der Waals surface area contributed by atoms with E-state index in [1.54, 1.807) is 23.9 Å². The molecule has 7 heteroatoms. The number of aromatic carboxylic acids is 1. The van der Waals surface area contributed by atoms with Gasteiger partial charge < -0.3 is 14.9 Å². The minimum absolute atomic E-state index is 0.296. The fourth-order valence-corrected chi connectivity index (χ4v) is 4.39. The number of hydrogen-bond donors (Lipinski definition) is 1. The van der Waals surface area contributed by atoms with Gasteiger partial charge in [-0.1, -0.05) is 61.2 Å². The molecule has 31 heavy (non-hydrogen) atoms. The summed E-state index contributed by atoms with van der Waals surface area (Å²) in [4.78, 5) is 25.5. The molecule has 0 atom stereocenters. The standard InChI is InChI=1S/C24H26N4O2S/c1-2-27-12-14-28(15-13-27)22-16-21(19-6-4-3-5-7-19)25-24(26-22)31-17-18-8-10-20(11-9-18)23(29)30/h3-11,16H,2,12-15,17H2,1H3,(H,29,30). The summed E-state index contributed by atoms with van der Waals surface area (Å²) >= 11 is 1.57. The lowest BCUT2D eigenvalue weighted by atomic mass is 10.1. The molecule has 1 fully saturated rings. The third-order valence-electron chi connectivity index (χ3n) is 5.47. The van der Waals surface area contributed by atoms with Crippen molar-refractivity contribution in [1.82, 2.24) is 14.9 Å². The van der Waals surface area contributed by atoms with Crippen molar-refractivity contribution in [2.75, 3.05) is 37.6 Å². The monoisotopic (exact) mass is 434 g/mol. The van der Waals surface area contributed by atoms with E-state index >= 15 is 0 Å². The SMILES string of the molecule is CCN1CCN(c2cc(-c3ccccc3)nc(SCc3ccc(C(=O)O)cc3)n2)CC1. The van der Waals surface area contributed by atoms with Crippen molar-refractivity contribution in [2.24, 2.45) is 0 Å². The number of anilines is 1. The molecule has 1 aliphatic heterocycles. The van der Waals surface area contributed by atoms with Gasteiger partial charge in [0.25, 0.3) is 0 Å². The number of thioether (sulfide) groups is 1. The second kappa shape index (κ2) is 9.94.